The van der Waals surface area contributed by atoms with Crippen molar-refractivity contribution in [2.45, 2.75) is 19.5 Å². The maximum atomic E-state index is 5.77. The molecule has 2 aromatic rings. The van der Waals surface area contributed by atoms with Crippen molar-refractivity contribution in [2.75, 3.05) is 6.61 Å². The van der Waals surface area contributed by atoms with Gasteiger partial charge in [0.05, 0.1) is 12.3 Å². The summed E-state index contributed by atoms with van der Waals surface area (Å²) in [6.07, 6.45) is 1.83. The molecule has 1 aromatic heterocycles. The number of hydrogen-bond donors (Lipinski definition) is 1. The Kier molecular flexibility index (Phi) is 3.25. The van der Waals surface area contributed by atoms with E-state index in [1.165, 1.54) is 11.3 Å². The highest BCUT2D eigenvalue weighted by Crippen LogP contribution is 2.35. The zero-order chi connectivity index (χ0) is 13.2. The molecule has 1 aliphatic rings. The number of hydrogen-bond acceptors (Lipinski definition) is 3. The molecule has 4 nitrogen and oxygen atoms in total. The van der Waals surface area contributed by atoms with Crippen LogP contribution in [0.5, 0.6) is 5.75 Å². The fourth-order valence-corrected chi connectivity index (χ4v) is 2.59. The number of rotatable bonds is 3. The molecule has 19 heavy (non-hydrogen) atoms. The number of aryl methyl sites for hydroxylation is 1. The largest absolute Gasteiger partial charge is 0.493 e. The Morgan fingerprint density at radius 1 is 1.37 bits per heavy atom. The molecule has 0 saturated heterocycles. The van der Waals surface area contributed by atoms with Crippen LogP contribution in [0.15, 0.2) is 36.5 Å². The second-order valence-electron chi connectivity index (χ2n) is 5.13. The molecule has 0 saturated carbocycles. The monoisotopic (exact) mass is 257 g/mol. The lowest BCUT2D eigenvalue weighted by atomic mass is 9.92. The number of para-hydroxylation sites is 1. The van der Waals surface area contributed by atoms with Gasteiger partial charge in [0.1, 0.15) is 5.75 Å². The van der Waals surface area contributed by atoms with Gasteiger partial charge in [-0.3, -0.25) is 4.68 Å². The van der Waals surface area contributed by atoms with Crippen LogP contribution in [0.4, 0.5) is 0 Å². The maximum absolute atomic E-state index is 5.77. The van der Waals surface area contributed by atoms with Crippen LogP contribution in [-0.2, 0) is 13.6 Å². The second-order valence-corrected chi connectivity index (χ2v) is 5.13. The van der Waals surface area contributed by atoms with Gasteiger partial charge in [-0.05, 0) is 12.1 Å². The lowest BCUT2D eigenvalue weighted by molar-refractivity contribution is 0.187. The minimum Gasteiger partial charge on any atom is -0.493 e. The maximum Gasteiger partial charge on any atom is 0.124 e. The van der Waals surface area contributed by atoms with Gasteiger partial charge in [-0.1, -0.05) is 25.1 Å². The molecule has 1 aromatic carbocycles. The highest BCUT2D eigenvalue weighted by Gasteiger charge is 2.27. The zero-order valence-electron chi connectivity index (χ0n) is 11.3. The summed E-state index contributed by atoms with van der Waals surface area (Å²) in [7, 11) is 1.97. The van der Waals surface area contributed by atoms with Crippen molar-refractivity contribution in [3.05, 3.63) is 47.8 Å². The SMILES string of the molecule is CC1COc2ccccc2C1NCc1ccnn1C. The highest BCUT2D eigenvalue weighted by atomic mass is 16.5. The van der Waals surface area contributed by atoms with Crippen molar-refractivity contribution in [3.8, 4) is 5.75 Å². The summed E-state index contributed by atoms with van der Waals surface area (Å²) in [6, 6.07) is 10.7. The van der Waals surface area contributed by atoms with Crippen LogP contribution < -0.4 is 10.1 Å². The molecular weight excluding hydrogens is 238 g/mol. The van der Waals surface area contributed by atoms with Crippen molar-refractivity contribution >= 4 is 0 Å². The smallest absolute Gasteiger partial charge is 0.124 e. The summed E-state index contributed by atoms with van der Waals surface area (Å²) in [5.41, 5.74) is 2.44. The van der Waals surface area contributed by atoms with Crippen molar-refractivity contribution in [1.29, 1.82) is 0 Å². The molecule has 100 valence electrons. The number of nitrogens with one attached hydrogen (secondary N) is 1. The van der Waals surface area contributed by atoms with Gasteiger partial charge in [0, 0.05) is 37.3 Å². The average Bonchev–Trinajstić information content (AvgIpc) is 2.83. The number of aromatic nitrogens is 2. The van der Waals surface area contributed by atoms with Gasteiger partial charge in [0.15, 0.2) is 0 Å². The molecule has 0 fully saturated rings. The summed E-state index contributed by atoms with van der Waals surface area (Å²) < 4.78 is 7.67. The summed E-state index contributed by atoms with van der Waals surface area (Å²) in [4.78, 5) is 0. The van der Waals surface area contributed by atoms with Crippen LogP contribution >= 0.6 is 0 Å². The molecular formula is C15H19N3O. The van der Waals surface area contributed by atoms with Crippen LogP contribution in [0, 0.1) is 5.92 Å². The molecule has 4 heteroatoms. The lowest BCUT2D eigenvalue weighted by Gasteiger charge is -2.32. The fraction of sp³-hybridized carbons (Fsp3) is 0.400. The van der Waals surface area contributed by atoms with E-state index in [-0.39, 0.29) is 0 Å². The van der Waals surface area contributed by atoms with Gasteiger partial charge in [-0.15, -0.1) is 0 Å². The molecule has 0 bridgehead atoms. The molecule has 0 radical (unpaired) electrons. The standard InChI is InChI=1S/C15H19N3O/c1-11-10-19-14-6-4-3-5-13(14)15(11)16-9-12-7-8-17-18(12)2/h3-8,11,15-16H,9-10H2,1-2H3. The lowest BCUT2D eigenvalue weighted by Crippen LogP contribution is -2.34. The summed E-state index contributed by atoms with van der Waals surface area (Å²) >= 11 is 0. The molecule has 1 N–H and O–H groups in total. The minimum atomic E-state index is 0.333. The van der Waals surface area contributed by atoms with E-state index >= 15 is 0 Å². The summed E-state index contributed by atoms with van der Waals surface area (Å²) in [5.74, 6) is 1.46. The molecule has 1 aliphatic heterocycles. The Labute approximate surface area is 113 Å². The van der Waals surface area contributed by atoms with E-state index in [9.17, 15) is 0 Å². The third kappa shape index (κ3) is 2.36. The highest BCUT2D eigenvalue weighted by molar-refractivity contribution is 5.37. The predicted molar refractivity (Wildman–Crippen MR) is 73.9 cm³/mol. The first-order valence-corrected chi connectivity index (χ1v) is 6.67. The van der Waals surface area contributed by atoms with Gasteiger partial charge in [0.25, 0.3) is 0 Å². The number of benzene rings is 1. The van der Waals surface area contributed by atoms with Crippen LogP contribution in [0.1, 0.15) is 24.2 Å². The van der Waals surface area contributed by atoms with Crippen molar-refractivity contribution < 1.29 is 4.74 Å². The van der Waals surface area contributed by atoms with Crippen LogP contribution in [0.25, 0.3) is 0 Å². The Morgan fingerprint density at radius 3 is 3.00 bits per heavy atom. The third-order valence-corrected chi connectivity index (χ3v) is 3.75. The summed E-state index contributed by atoms with van der Waals surface area (Å²) in [6.45, 7) is 3.80. The fourth-order valence-electron chi connectivity index (χ4n) is 2.59. The van der Waals surface area contributed by atoms with Crippen LogP contribution in [-0.4, -0.2) is 16.4 Å². The predicted octanol–water partition coefficient (Wildman–Crippen LogP) is 2.28. The molecule has 2 heterocycles. The van der Waals surface area contributed by atoms with Crippen molar-refractivity contribution in [1.82, 2.24) is 15.1 Å². The number of ether oxygens (including phenoxy) is 1. The van der Waals surface area contributed by atoms with E-state index in [0.29, 0.717) is 12.0 Å². The molecule has 2 atom stereocenters. The van der Waals surface area contributed by atoms with E-state index < -0.39 is 0 Å². The van der Waals surface area contributed by atoms with Gasteiger partial charge < -0.3 is 10.1 Å². The van der Waals surface area contributed by atoms with Gasteiger partial charge in [-0.25, -0.2) is 0 Å². The number of fused-ring (bicyclic) bond motifs is 1. The minimum absolute atomic E-state index is 0.333. The molecule has 3 rings (SSSR count). The quantitative estimate of drug-likeness (QED) is 0.917. The van der Waals surface area contributed by atoms with Crippen LogP contribution in [0.2, 0.25) is 0 Å². The van der Waals surface area contributed by atoms with E-state index in [4.69, 9.17) is 4.74 Å². The Balaban J connectivity index is 1.78. The second kappa shape index (κ2) is 5.05. The first-order chi connectivity index (χ1) is 9.25. The topological polar surface area (TPSA) is 39.1 Å². The first kappa shape index (κ1) is 12.2. The molecule has 0 spiro atoms. The van der Waals surface area contributed by atoms with Crippen molar-refractivity contribution in [2.24, 2.45) is 13.0 Å². The van der Waals surface area contributed by atoms with Crippen molar-refractivity contribution in [3.63, 3.8) is 0 Å². The van der Waals surface area contributed by atoms with E-state index in [1.54, 1.807) is 0 Å². The number of nitrogens with zero attached hydrogens (tertiary/aromatic N) is 2. The third-order valence-electron chi connectivity index (χ3n) is 3.75. The Bertz CT molecular complexity index is 564. The van der Waals surface area contributed by atoms with Gasteiger partial charge in [-0.2, -0.15) is 5.10 Å². The molecule has 2 unspecified atom stereocenters. The Hall–Kier alpha value is -1.81. The van der Waals surface area contributed by atoms with Gasteiger partial charge >= 0.3 is 0 Å². The average molecular weight is 257 g/mol. The van der Waals surface area contributed by atoms with Gasteiger partial charge in [0.2, 0.25) is 0 Å². The Morgan fingerprint density at radius 2 is 2.21 bits per heavy atom. The first-order valence-electron chi connectivity index (χ1n) is 6.67. The zero-order valence-corrected chi connectivity index (χ0v) is 11.3. The molecule has 0 aliphatic carbocycles. The molecule has 0 amide bonds. The van der Waals surface area contributed by atoms with Crippen LogP contribution in [0.3, 0.4) is 0 Å². The van der Waals surface area contributed by atoms with E-state index in [0.717, 1.165) is 18.9 Å². The summed E-state index contributed by atoms with van der Waals surface area (Å²) in [5, 5.41) is 7.83. The normalized spacial score (nSPS) is 21.8. The van der Waals surface area contributed by atoms with E-state index in [2.05, 4.69) is 29.5 Å². The van der Waals surface area contributed by atoms with E-state index in [1.807, 2.05) is 36.1 Å².